The first-order valence-corrected chi connectivity index (χ1v) is 9.82. The summed E-state index contributed by atoms with van der Waals surface area (Å²) >= 11 is 5.93. The smallest absolute Gasteiger partial charge is 0.227 e. The van der Waals surface area contributed by atoms with Crippen LogP contribution >= 0.6 is 11.6 Å². The molecule has 1 aromatic carbocycles. The van der Waals surface area contributed by atoms with Gasteiger partial charge in [-0.15, -0.1) is 0 Å². The molecule has 0 saturated carbocycles. The van der Waals surface area contributed by atoms with Crippen molar-refractivity contribution in [3.05, 3.63) is 77.3 Å². The number of hydrogen-bond donors (Lipinski definition) is 0. The Bertz CT molecular complexity index is 946. The lowest BCUT2D eigenvalue weighted by molar-refractivity contribution is -0.131. The SMILES string of the molecule is O=C(Cc1ccc(Cl)cc1)N1CCCC(c2ccnc(-c3ccncc3)n2)C1. The minimum atomic E-state index is 0.149. The van der Waals surface area contributed by atoms with E-state index < -0.39 is 0 Å². The van der Waals surface area contributed by atoms with Gasteiger partial charge in [-0.1, -0.05) is 23.7 Å². The van der Waals surface area contributed by atoms with Gasteiger partial charge in [0.05, 0.1) is 6.42 Å². The summed E-state index contributed by atoms with van der Waals surface area (Å²) in [5.74, 6) is 1.08. The minimum Gasteiger partial charge on any atom is -0.342 e. The third-order valence-electron chi connectivity index (χ3n) is 5.08. The predicted octanol–water partition coefficient (Wildman–Crippen LogP) is 4.14. The number of benzene rings is 1. The standard InChI is InChI=1S/C22H21ClN4O/c23-19-5-3-16(4-6-19)14-21(28)27-13-1-2-18(15-27)20-9-12-25-22(26-20)17-7-10-24-11-8-17/h3-12,18H,1-2,13-15H2. The van der Waals surface area contributed by atoms with Crippen LogP contribution in [-0.4, -0.2) is 38.8 Å². The Morgan fingerprint density at radius 3 is 2.64 bits per heavy atom. The van der Waals surface area contributed by atoms with Gasteiger partial charge in [-0.25, -0.2) is 9.97 Å². The van der Waals surface area contributed by atoms with E-state index in [1.807, 2.05) is 47.4 Å². The van der Waals surface area contributed by atoms with Gasteiger partial charge in [0.2, 0.25) is 5.91 Å². The van der Waals surface area contributed by atoms with E-state index in [0.717, 1.165) is 36.2 Å². The highest BCUT2D eigenvalue weighted by atomic mass is 35.5. The number of pyridine rings is 1. The number of halogens is 1. The van der Waals surface area contributed by atoms with E-state index in [4.69, 9.17) is 16.6 Å². The molecular weight excluding hydrogens is 372 g/mol. The number of carbonyl (C=O) groups is 1. The number of hydrogen-bond acceptors (Lipinski definition) is 4. The highest BCUT2D eigenvalue weighted by molar-refractivity contribution is 6.30. The van der Waals surface area contributed by atoms with Gasteiger partial charge in [0.25, 0.3) is 0 Å². The maximum atomic E-state index is 12.8. The molecule has 2 aromatic heterocycles. The highest BCUT2D eigenvalue weighted by Crippen LogP contribution is 2.27. The lowest BCUT2D eigenvalue weighted by atomic mass is 9.94. The molecule has 1 saturated heterocycles. The number of likely N-dealkylation sites (tertiary alicyclic amines) is 1. The second-order valence-corrected chi connectivity index (χ2v) is 7.46. The average molecular weight is 393 g/mol. The number of piperidine rings is 1. The number of aromatic nitrogens is 3. The van der Waals surface area contributed by atoms with Crippen LogP contribution in [0.25, 0.3) is 11.4 Å². The Morgan fingerprint density at radius 1 is 1.07 bits per heavy atom. The van der Waals surface area contributed by atoms with Crippen molar-refractivity contribution in [2.24, 2.45) is 0 Å². The summed E-state index contributed by atoms with van der Waals surface area (Å²) in [5.41, 5.74) is 2.92. The van der Waals surface area contributed by atoms with E-state index in [-0.39, 0.29) is 11.8 Å². The molecule has 0 spiro atoms. The van der Waals surface area contributed by atoms with Crippen LogP contribution in [0.2, 0.25) is 5.02 Å². The average Bonchev–Trinajstić information content (AvgIpc) is 2.76. The molecule has 142 valence electrons. The topological polar surface area (TPSA) is 59.0 Å². The molecule has 1 amide bonds. The Labute approximate surface area is 169 Å². The van der Waals surface area contributed by atoms with Crippen LogP contribution in [0.3, 0.4) is 0 Å². The van der Waals surface area contributed by atoms with Gasteiger partial charge in [0.1, 0.15) is 0 Å². The van der Waals surface area contributed by atoms with Gasteiger partial charge < -0.3 is 4.90 Å². The van der Waals surface area contributed by atoms with Crippen LogP contribution in [-0.2, 0) is 11.2 Å². The molecule has 0 N–H and O–H groups in total. The van der Waals surface area contributed by atoms with Gasteiger partial charge in [0.15, 0.2) is 5.82 Å². The molecule has 1 aliphatic heterocycles. The molecule has 3 aromatic rings. The zero-order chi connectivity index (χ0) is 19.3. The van der Waals surface area contributed by atoms with Gasteiger partial charge in [-0.05, 0) is 48.7 Å². The first kappa shape index (κ1) is 18.6. The second kappa shape index (κ2) is 8.48. The summed E-state index contributed by atoms with van der Waals surface area (Å²) in [5, 5.41) is 0.683. The molecule has 4 rings (SSSR count). The van der Waals surface area contributed by atoms with Gasteiger partial charge in [-0.3, -0.25) is 9.78 Å². The maximum Gasteiger partial charge on any atom is 0.227 e. The molecule has 1 fully saturated rings. The molecule has 1 unspecified atom stereocenters. The Hall–Kier alpha value is -2.79. The Kier molecular flexibility index (Phi) is 5.63. The van der Waals surface area contributed by atoms with Crippen molar-refractivity contribution in [3.63, 3.8) is 0 Å². The molecule has 1 atom stereocenters. The van der Waals surface area contributed by atoms with Crippen LogP contribution in [0, 0.1) is 0 Å². The van der Waals surface area contributed by atoms with Gasteiger partial charge in [0, 0.05) is 53.9 Å². The Morgan fingerprint density at radius 2 is 1.86 bits per heavy atom. The molecule has 0 aliphatic carbocycles. The van der Waals surface area contributed by atoms with E-state index in [0.29, 0.717) is 23.8 Å². The summed E-state index contributed by atoms with van der Waals surface area (Å²) in [6.07, 6.45) is 7.68. The first-order valence-electron chi connectivity index (χ1n) is 9.44. The van der Waals surface area contributed by atoms with E-state index >= 15 is 0 Å². The minimum absolute atomic E-state index is 0.149. The van der Waals surface area contributed by atoms with E-state index in [1.165, 1.54) is 0 Å². The van der Waals surface area contributed by atoms with E-state index in [9.17, 15) is 4.79 Å². The monoisotopic (exact) mass is 392 g/mol. The molecule has 1 aliphatic rings. The Balaban J connectivity index is 1.46. The highest BCUT2D eigenvalue weighted by Gasteiger charge is 2.26. The summed E-state index contributed by atoms with van der Waals surface area (Å²) in [7, 11) is 0. The molecule has 5 nitrogen and oxygen atoms in total. The molecule has 28 heavy (non-hydrogen) atoms. The fourth-order valence-corrected chi connectivity index (χ4v) is 3.70. The van der Waals surface area contributed by atoms with Crippen molar-refractivity contribution in [3.8, 4) is 11.4 Å². The molecule has 0 bridgehead atoms. The van der Waals surface area contributed by atoms with Gasteiger partial charge in [-0.2, -0.15) is 0 Å². The normalized spacial score (nSPS) is 16.8. The molecule has 6 heteroatoms. The molecular formula is C22H21ClN4O. The lowest BCUT2D eigenvalue weighted by Crippen LogP contribution is -2.40. The zero-order valence-corrected chi connectivity index (χ0v) is 16.2. The quantitative estimate of drug-likeness (QED) is 0.669. The van der Waals surface area contributed by atoms with E-state index in [2.05, 4.69) is 9.97 Å². The van der Waals surface area contributed by atoms with E-state index in [1.54, 1.807) is 18.6 Å². The summed E-state index contributed by atoms with van der Waals surface area (Å²) in [4.78, 5) is 27.9. The number of amides is 1. The fraction of sp³-hybridized carbons (Fsp3) is 0.273. The predicted molar refractivity (Wildman–Crippen MR) is 109 cm³/mol. The first-order chi connectivity index (χ1) is 13.7. The second-order valence-electron chi connectivity index (χ2n) is 7.02. The number of carbonyl (C=O) groups excluding carboxylic acids is 1. The summed E-state index contributed by atoms with van der Waals surface area (Å²) < 4.78 is 0. The fourth-order valence-electron chi connectivity index (χ4n) is 3.57. The third-order valence-corrected chi connectivity index (χ3v) is 5.33. The lowest BCUT2D eigenvalue weighted by Gasteiger charge is -2.32. The van der Waals surface area contributed by atoms with Crippen molar-refractivity contribution in [1.82, 2.24) is 19.9 Å². The summed E-state index contributed by atoms with van der Waals surface area (Å²) in [6.45, 7) is 1.49. The van der Waals surface area contributed by atoms with Crippen molar-refractivity contribution in [1.29, 1.82) is 0 Å². The van der Waals surface area contributed by atoms with Crippen molar-refractivity contribution >= 4 is 17.5 Å². The van der Waals surface area contributed by atoms with Crippen LogP contribution in [0.5, 0.6) is 0 Å². The van der Waals surface area contributed by atoms with Crippen molar-refractivity contribution in [2.75, 3.05) is 13.1 Å². The zero-order valence-electron chi connectivity index (χ0n) is 15.5. The third kappa shape index (κ3) is 4.37. The summed E-state index contributed by atoms with van der Waals surface area (Å²) in [6, 6.07) is 13.2. The van der Waals surface area contributed by atoms with Gasteiger partial charge >= 0.3 is 0 Å². The van der Waals surface area contributed by atoms with Crippen LogP contribution < -0.4 is 0 Å². The van der Waals surface area contributed by atoms with Crippen molar-refractivity contribution in [2.45, 2.75) is 25.2 Å². The van der Waals surface area contributed by atoms with Crippen LogP contribution in [0.1, 0.15) is 30.0 Å². The molecule has 0 radical (unpaired) electrons. The number of nitrogens with zero attached hydrogens (tertiary/aromatic N) is 4. The maximum absolute atomic E-state index is 12.8. The largest absolute Gasteiger partial charge is 0.342 e. The molecule has 3 heterocycles. The van der Waals surface area contributed by atoms with Crippen LogP contribution in [0.15, 0.2) is 61.1 Å². The van der Waals surface area contributed by atoms with Crippen molar-refractivity contribution < 1.29 is 4.79 Å². The van der Waals surface area contributed by atoms with Crippen LogP contribution in [0.4, 0.5) is 0 Å². The number of rotatable bonds is 4.